The molecule has 0 aromatic heterocycles. The van der Waals surface area contributed by atoms with E-state index in [9.17, 15) is 14.4 Å². The molecule has 1 aromatic rings. The summed E-state index contributed by atoms with van der Waals surface area (Å²) in [6.07, 6.45) is 1.61. The lowest BCUT2D eigenvalue weighted by atomic mass is 9.58. The van der Waals surface area contributed by atoms with E-state index in [1.54, 1.807) is 24.3 Å². The minimum Gasteiger partial charge on any atom is -0.303 e. The van der Waals surface area contributed by atoms with Gasteiger partial charge in [0.2, 0.25) is 0 Å². The van der Waals surface area contributed by atoms with Gasteiger partial charge in [-0.2, -0.15) is 0 Å². The van der Waals surface area contributed by atoms with Crippen molar-refractivity contribution in [3.8, 4) is 0 Å². The first-order chi connectivity index (χ1) is 10.8. The summed E-state index contributed by atoms with van der Waals surface area (Å²) in [7, 11) is 0. The molecule has 1 aliphatic heterocycles. The Kier molecular flexibility index (Phi) is 3.66. The summed E-state index contributed by atoms with van der Waals surface area (Å²) in [6.45, 7) is 8.53. The quantitative estimate of drug-likeness (QED) is 0.622. The van der Waals surface area contributed by atoms with Crippen LogP contribution in [0.3, 0.4) is 0 Å². The lowest BCUT2D eigenvalue weighted by molar-refractivity contribution is -0.120. The third kappa shape index (κ3) is 2.15. The van der Waals surface area contributed by atoms with Crippen LogP contribution in [0.15, 0.2) is 24.3 Å². The first-order valence-corrected chi connectivity index (χ1v) is 8.23. The fourth-order valence-corrected chi connectivity index (χ4v) is 4.10. The standard InChI is InChI=1S/C19H23NO3/c1-11-9-16(15(10-21)12(2)19(11,3)4)20-17(22)13-7-5-6-8-14(13)18(20)23/h5-8,10-12,15-16H,9H2,1-4H3/t11-,12+,15+,16?/m0/s1. The fraction of sp³-hybridized carbons (Fsp3) is 0.526. The molecule has 0 bridgehead atoms. The first-order valence-electron chi connectivity index (χ1n) is 8.23. The second kappa shape index (κ2) is 5.29. The zero-order valence-corrected chi connectivity index (χ0v) is 14.1. The van der Waals surface area contributed by atoms with Gasteiger partial charge in [-0.15, -0.1) is 0 Å². The Morgan fingerprint density at radius 3 is 2.09 bits per heavy atom. The summed E-state index contributed by atoms with van der Waals surface area (Å²) in [5.74, 6) is -0.410. The molecule has 1 fully saturated rings. The van der Waals surface area contributed by atoms with Gasteiger partial charge < -0.3 is 4.79 Å². The van der Waals surface area contributed by atoms with Crippen molar-refractivity contribution >= 4 is 18.1 Å². The van der Waals surface area contributed by atoms with Gasteiger partial charge in [-0.05, 0) is 35.8 Å². The molecule has 23 heavy (non-hydrogen) atoms. The van der Waals surface area contributed by atoms with E-state index in [4.69, 9.17) is 0 Å². The van der Waals surface area contributed by atoms with Crippen LogP contribution in [0.1, 0.15) is 54.8 Å². The molecule has 0 N–H and O–H groups in total. The van der Waals surface area contributed by atoms with E-state index in [0.29, 0.717) is 23.5 Å². The van der Waals surface area contributed by atoms with E-state index in [1.165, 1.54) is 4.90 Å². The van der Waals surface area contributed by atoms with Crippen molar-refractivity contribution < 1.29 is 14.4 Å². The van der Waals surface area contributed by atoms with Gasteiger partial charge in [0.05, 0.1) is 17.2 Å². The van der Waals surface area contributed by atoms with Crippen LogP contribution in [-0.4, -0.2) is 29.0 Å². The Bertz CT molecular complexity index is 644. The highest BCUT2D eigenvalue weighted by atomic mass is 16.2. The molecular formula is C19H23NO3. The molecule has 3 rings (SSSR count). The normalized spacial score (nSPS) is 32.8. The van der Waals surface area contributed by atoms with Crippen molar-refractivity contribution in [3.63, 3.8) is 0 Å². The highest BCUT2D eigenvalue weighted by molar-refractivity contribution is 6.21. The Morgan fingerprint density at radius 2 is 1.61 bits per heavy atom. The second-order valence-electron chi connectivity index (χ2n) is 7.55. The topological polar surface area (TPSA) is 54.5 Å². The number of hydrogen-bond acceptors (Lipinski definition) is 3. The largest absolute Gasteiger partial charge is 0.303 e. The number of carbonyl (C=O) groups excluding carboxylic acids is 3. The Hall–Kier alpha value is -1.97. The maximum absolute atomic E-state index is 12.7. The summed E-state index contributed by atoms with van der Waals surface area (Å²) in [5, 5.41) is 0. The van der Waals surface area contributed by atoms with Crippen molar-refractivity contribution in [1.29, 1.82) is 0 Å². The molecule has 1 unspecified atom stereocenters. The minimum absolute atomic E-state index is 0.000741. The maximum Gasteiger partial charge on any atom is 0.261 e. The van der Waals surface area contributed by atoms with Gasteiger partial charge in [0.1, 0.15) is 6.29 Å². The monoisotopic (exact) mass is 313 g/mol. The summed E-state index contributed by atoms with van der Waals surface area (Å²) in [5.41, 5.74) is 0.903. The number of amides is 2. The highest BCUT2D eigenvalue weighted by Crippen LogP contribution is 2.49. The Morgan fingerprint density at radius 1 is 1.09 bits per heavy atom. The molecule has 1 saturated carbocycles. The molecule has 1 aliphatic carbocycles. The molecule has 0 radical (unpaired) electrons. The van der Waals surface area contributed by atoms with Gasteiger partial charge in [0, 0.05) is 5.92 Å². The summed E-state index contributed by atoms with van der Waals surface area (Å²) in [6, 6.07) is 6.55. The van der Waals surface area contributed by atoms with E-state index in [1.807, 2.05) is 0 Å². The number of aldehydes is 1. The predicted octanol–water partition coefficient (Wildman–Crippen LogP) is 3.17. The van der Waals surface area contributed by atoms with Crippen molar-refractivity contribution in [2.24, 2.45) is 23.2 Å². The molecule has 4 heteroatoms. The van der Waals surface area contributed by atoms with Gasteiger partial charge in [-0.3, -0.25) is 14.5 Å². The average molecular weight is 313 g/mol. The summed E-state index contributed by atoms with van der Waals surface area (Å²) in [4.78, 5) is 38.6. The molecule has 1 aromatic carbocycles. The minimum atomic E-state index is -0.349. The van der Waals surface area contributed by atoms with Crippen molar-refractivity contribution in [1.82, 2.24) is 4.90 Å². The zero-order chi connectivity index (χ0) is 16.9. The van der Waals surface area contributed by atoms with Crippen LogP contribution >= 0.6 is 0 Å². The van der Waals surface area contributed by atoms with Gasteiger partial charge >= 0.3 is 0 Å². The maximum atomic E-state index is 12.7. The average Bonchev–Trinajstić information content (AvgIpc) is 2.77. The smallest absolute Gasteiger partial charge is 0.261 e. The fourth-order valence-electron chi connectivity index (χ4n) is 4.10. The van der Waals surface area contributed by atoms with E-state index in [-0.39, 0.29) is 35.1 Å². The number of fused-ring (bicyclic) bond motifs is 1. The van der Waals surface area contributed by atoms with Gasteiger partial charge in [0.15, 0.2) is 0 Å². The van der Waals surface area contributed by atoms with Gasteiger partial charge in [-0.25, -0.2) is 0 Å². The lowest BCUT2D eigenvalue weighted by Crippen LogP contribution is -2.55. The first kappa shape index (κ1) is 15.9. The van der Waals surface area contributed by atoms with Crippen LogP contribution in [-0.2, 0) is 4.79 Å². The van der Waals surface area contributed by atoms with Crippen LogP contribution in [0.25, 0.3) is 0 Å². The third-order valence-corrected chi connectivity index (χ3v) is 6.37. The Balaban J connectivity index is 2.00. The SMILES string of the molecule is C[C@@H]1[C@@H](C=O)C(N2C(=O)c3ccccc3C2=O)C[C@H](C)C1(C)C. The molecule has 0 saturated heterocycles. The van der Waals surface area contributed by atoms with E-state index >= 15 is 0 Å². The van der Waals surface area contributed by atoms with E-state index in [2.05, 4.69) is 27.7 Å². The molecule has 2 aliphatic rings. The zero-order valence-electron chi connectivity index (χ0n) is 14.1. The van der Waals surface area contributed by atoms with Crippen LogP contribution in [0, 0.1) is 23.2 Å². The van der Waals surface area contributed by atoms with E-state index < -0.39 is 0 Å². The molecule has 0 spiro atoms. The summed E-state index contributed by atoms with van der Waals surface area (Å²) >= 11 is 0. The second-order valence-corrected chi connectivity index (χ2v) is 7.55. The van der Waals surface area contributed by atoms with Crippen LogP contribution < -0.4 is 0 Å². The molecule has 4 atom stereocenters. The van der Waals surface area contributed by atoms with Crippen molar-refractivity contribution in [2.45, 2.75) is 40.2 Å². The predicted molar refractivity (Wildman–Crippen MR) is 87.0 cm³/mol. The van der Waals surface area contributed by atoms with Crippen LogP contribution in [0.4, 0.5) is 0 Å². The lowest BCUT2D eigenvalue weighted by Gasteiger charge is -2.50. The number of benzene rings is 1. The van der Waals surface area contributed by atoms with Crippen LogP contribution in [0.2, 0.25) is 0 Å². The number of carbonyl (C=O) groups is 3. The molecule has 2 amide bonds. The van der Waals surface area contributed by atoms with E-state index in [0.717, 1.165) is 6.29 Å². The van der Waals surface area contributed by atoms with Gasteiger partial charge in [-0.1, -0.05) is 39.8 Å². The third-order valence-electron chi connectivity index (χ3n) is 6.37. The van der Waals surface area contributed by atoms with Crippen molar-refractivity contribution in [2.75, 3.05) is 0 Å². The number of nitrogens with zero attached hydrogens (tertiary/aromatic N) is 1. The molecule has 1 heterocycles. The Labute approximate surface area is 136 Å². The van der Waals surface area contributed by atoms with Crippen molar-refractivity contribution in [3.05, 3.63) is 35.4 Å². The van der Waals surface area contributed by atoms with Crippen LogP contribution in [0.5, 0.6) is 0 Å². The van der Waals surface area contributed by atoms with Gasteiger partial charge in [0.25, 0.3) is 11.8 Å². The number of hydrogen-bond donors (Lipinski definition) is 0. The molecule has 122 valence electrons. The highest BCUT2D eigenvalue weighted by Gasteiger charge is 2.51. The molecule has 4 nitrogen and oxygen atoms in total. The number of imide groups is 1. The molecular weight excluding hydrogens is 290 g/mol. The summed E-state index contributed by atoms with van der Waals surface area (Å²) < 4.78 is 0. The number of rotatable bonds is 2.